The monoisotopic (exact) mass is 303 g/mol. The van der Waals surface area contributed by atoms with Crippen LogP contribution in [0.2, 0.25) is 0 Å². The van der Waals surface area contributed by atoms with Gasteiger partial charge in [-0.15, -0.1) is 11.6 Å². The lowest BCUT2D eigenvalue weighted by molar-refractivity contribution is 0.931. The Kier molecular flexibility index (Phi) is 3.62. The standard InChI is InChI=1S/C14H14ClN5O/c1-9-17-12(6-13-18-19-14(21)20(9)13)16-8-11-4-2-10(7-15)3-5-11/h2-6,16H,7-8H2,1H3,(H,19,21). The van der Waals surface area contributed by atoms with Gasteiger partial charge in [-0.25, -0.2) is 19.3 Å². The van der Waals surface area contributed by atoms with Gasteiger partial charge in [-0.1, -0.05) is 24.3 Å². The molecule has 3 rings (SSSR count). The first-order valence-corrected chi connectivity index (χ1v) is 7.03. The third-order valence-electron chi connectivity index (χ3n) is 3.22. The number of nitrogens with one attached hydrogen (secondary N) is 2. The van der Waals surface area contributed by atoms with Gasteiger partial charge in [-0.05, 0) is 18.1 Å². The van der Waals surface area contributed by atoms with Gasteiger partial charge in [-0.2, -0.15) is 5.10 Å². The van der Waals surface area contributed by atoms with Crippen molar-refractivity contribution in [2.45, 2.75) is 19.3 Å². The molecule has 0 radical (unpaired) electrons. The molecule has 0 saturated heterocycles. The van der Waals surface area contributed by atoms with Crippen LogP contribution >= 0.6 is 11.6 Å². The van der Waals surface area contributed by atoms with E-state index in [0.29, 0.717) is 29.7 Å². The molecule has 0 aliphatic rings. The number of halogens is 1. The van der Waals surface area contributed by atoms with Crippen LogP contribution in [0.15, 0.2) is 35.1 Å². The molecule has 0 amide bonds. The van der Waals surface area contributed by atoms with Crippen molar-refractivity contribution in [3.05, 3.63) is 57.8 Å². The van der Waals surface area contributed by atoms with Gasteiger partial charge in [0.25, 0.3) is 0 Å². The van der Waals surface area contributed by atoms with Gasteiger partial charge in [0, 0.05) is 18.5 Å². The molecule has 0 aliphatic heterocycles. The summed E-state index contributed by atoms with van der Waals surface area (Å²) in [5.41, 5.74) is 2.49. The lowest BCUT2D eigenvalue weighted by atomic mass is 10.1. The maximum absolute atomic E-state index is 11.5. The zero-order chi connectivity index (χ0) is 14.8. The molecular formula is C14H14ClN5O. The molecule has 2 N–H and O–H groups in total. The van der Waals surface area contributed by atoms with Gasteiger partial charge in [-0.3, -0.25) is 0 Å². The minimum atomic E-state index is -0.279. The quantitative estimate of drug-likeness (QED) is 0.724. The Labute approximate surface area is 125 Å². The summed E-state index contributed by atoms with van der Waals surface area (Å²) in [4.78, 5) is 15.9. The maximum Gasteiger partial charge on any atom is 0.349 e. The molecule has 0 fully saturated rings. The Hall–Kier alpha value is -2.34. The molecule has 2 aromatic heterocycles. The fourth-order valence-electron chi connectivity index (χ4n) is 2.13. The van der Waals surface area contributed by atoms with E-state index in [1.54, 1.807) is 13.0 Å². The highest BCUT2D eigenvalue weighted by molar-refractivity contribution is 6.17. The summed E-state index contributed by atoms with van der Waals surface area (Å²) in [6.45, 7) is 2.41. The summed E-state index contributed by atoms with van der Waals surface area (Å²) in [6.07, 6.45) is 0. The second kappa shape index (κ2) is 5.57. The molecule has 3 aromatic rings. The van der Waals surface area contributed by atoms with Crippen LogP contribution in [-0.2, 0) is 12.4 Å². The zero-order valence-electron chi connectivity index (χ0n) is 11.4. The minimum Gasteiger partial charge on any atom is -0.366 e. The van der Waals surface area contributed by atoms with Crippen molar-refractivity contribution in [2.75, 3.05) is 5.32 Å². The zero-order valence-corrected chi connectivity index (χ0v) is 12.2. The van der Waals surface area contributed by atoms with E-state index in [1.165, 1.54) is 4.40 Å². The number of hydrogen-bond acceptors (Lipinski definition) is 4. The number of anilines is 1. The van der Waals surface area contributed by atoms with Crippen LogP contribution in [0, 0.1) is 6.92 Å². The second-order valence-electron chi connectivity index (χ2n) is 4.71. The fraction of sp³-hybridized carbons (Fsp3) is 0.214. The topological polar surface area (TPSA) is 75.1 Å². The molecule has 0 aliphatic carbocycles. The number of hydrogen-bond donors (Lipinski definition) is 2. The lowest BCUT2D eigenvalue weighted by Crippen LogP contribution is -2.14. The van der Waals surface area contributed by atoms with E-state index in [9.17, 15) is 4.79 Å². The molecule has 108 valence electrons. The molecule has 21 heavy (non-hydrogen) atoms. The van der Waals surface area contributed by atoms with E-state index in [2.05, 4.69) is 20.5 Å². The van der Waals surface area contributed by atoms with Crippen molar-refractivity contribution in [1.29, 1.82) is 0 Å². The summed E-state index contributed by atoms with van der Waals surface area (Å²) in [6, 6.07) is 9.78. The minimum absolute atomic E-state index is 0.279. The summed E-state index contributed by atoms with van der Waals surface area (Å²) in [7, 11) is 0. The van der Waals surface area contributed by atoms with Crippen molar-refractivity contribution < 1.29 is 0 Å². The Morgan fingerprint density at radius 3 is 2.71 bits per heavy atom. The Morgan fingerprint density at radius 2 is 2.00 bits per heavy atom. The fourth-order valence-corrected chi connectivity index (χ4v) is 2.31. The molecule has 0 bridgehead atoms. The number of H-pyrrole nitrogens is 1. The summed E-state index contributed by atoms with van der Waals surface area (Å²) in [5, 5.41) is 9.58. The van der Waals surface area contributed by atoms with Crippen molar-refractivity contribution in [3.63, 3.8) is 0 Å². The first kappa shape index (κ1) is 13.6. The van der Waals surface area contributed by atoms with Crippen molar-refractivity contribution >= 4 is 23.1 Å². The number of alkyl halides is 1. The van der Waals surface area contributed by atoms with Crippen molar-refractivity contribution in [3.8, 4) is 0 Å². The predicted octanol–water partition coefficient (Wildman–Crippen LogP) is 2.08. The SMILES string of the molecule is Cc1nc(NCc2ccc(CCl)cc2)cc2n[nH]c(=O)n12. The highest BCUT2D eigenvalue weighted by Gasteiger charge is 2.06. The van der Waals surface area contributed by atoms with Gasteiger partial charge in [0.1, 0.15) is 11.6 Å². The molecule has 1 aromatic carbocycles. The number of benzene rings is 1. The number of aromatic nitrogens is 4. The average molecular weight is 304 g/mol. The number of fused-ring (bicyclic) bond motifs is 1. The van der Waals surface area contributed by atoms with Gasteiger partial charge in [0.2, 0.25) is 0 Å². The van der Waals surface area contributed by atoms with Crippen molar-refractivity contribution in [1.82, 2.24) is 19.6 Å². The largest absolute Gasteiger partial charge is 0.366 e. The van der Waals surface area contributed by atoms with E-state index < -0.39 is 0 Å². The molecule has 6 nitrogen and oxygen atoms in total. The van der Waals surface area contributed by atoms with E-state index >= 15 is 0 Å². The second-order valence-corrected chi connectivity index (χ2v) is 4.98. The van der Waals surface area contributed by atoms with Crippen LogP contribution in [0.4, 0.5) is 5.82 Å². The first-order valence-electron chi connectivity index (χ1n) is 6.50. The van der Waals surface area contributed by atoms with Crippen molar-refractivity contribution in [2.24, 2.45) is 0 Å². The Morgan fingerprint density at radius 1 is 1.29 bits per heavy atom. The van der Waals surface area contributed by atoms with Crippen LogP contribution in [-0.4, -0.2) is 19.6 Å². The Balaban J connectivity index is 1.79. The third-order valence-corrected chi connectivity index (χ3v) is 3.53. The smallest absolute Gasteiger partial charge is 0.349 e. The van der Waals surface area contributed by atoms with Crippen LogP contribution in [0.5, 0.6) is 0 Å². The van der Waals surface area contributed by atoms with Gasteiger partial charge >= 0.3 is 5.69 Å². The van der Waals surface area contributed by atoms with E-state index in [-0.39, 0.29) is 5.69 Å². The van der Waals surface area contributed by atoms with Gasteiger partial charge in [0.05, 0.1) is 0 Å². The van der Waals surface area contributed by atoms with Gasteiger partial charge in [0.15, 0.2) is 5.65 Å². The number of nitrogens with zero attached hydrogens (tertiary/aromatic N) is 3. The molecular weight excluding hydrogens is 290 g/mol. The molecule has 7 heteroatoms. The predicted molar refractivity (Wildman–Crippen MR) is 81.7 cm³/mol. The summed E-state index contributed by atoms with van der Waals surface area (Å²) >= 11 is 5.76. The highest BCUT2D eigenvalue weighted by Crippen LogP contribution is 2.11. The van der Waals surface area contributed by atoms with Crippen LogP contribution < -0.4 is 11.0 Å². The number of rotatable bonds is 4. The summed E-state index contributed by atoms with van der Waals surface area (Å²) < 4.78 is 1.43. The first-order chi connectivity index (χ1) is 10.2. The number of aromatic amines is 1. The van der Waals surface area contributed by atoms with Crippen LogP contribution in [0.1, 0.15) is 17.0 Å². The molecule has 0 spiro atoms. The molecule has 0 atom stereocenters. The lowest BCUT2D eigenvalue weighted by Gasteiger charge is -2.07. The van der Waals surface area contributed by atoms with Crippen LogP contribution in [0.25, 0.3) is 5.65 Å². The number of aryl methyl sites for hydroxylation is 1. The maximum atomic E-state index is 11.5. The van der Waals surface area contributed by atoms with E-state index in [4.69, 9.17) is 11.6 Å². The van der Waals surface area contributed by atoms with Gasteiger partial charge < -0.3 is 5.32 Å². The van der Waals surface area contributed by atoms with E-state index in [1.807, 2.05) is 24.3 Å². The Bertz CT molecular complexity index is 821. The third kappa shape index (κ3) is 2.75. The summed E-state index contributed by atoms with van der Waals surface area (Å²) in [5.74, 6) is 1.78. The van der Waals surface area contributed by atoms with Crippen LogP contribution in [0.3, 0.4) is 0 Å². The molecule has 0 saturated carbocycles. The van der Waals surface area contributed by atoms with E-state index in [0.717, 1.165) is 11.1 Å². The molecule has 0 unspecified atom stereocenters. The highest BCUT2D eigenvalue weighted by atomic mass is 35.5. The average Bonchev–Trinajstić information content (AvgIpc) is 2.87. The molecule has 2 heterocycles. The normalized spacial score (nSPS) is 11.0.